The topological polar surface area (TPSA) is 57.5 Å². The Morgan fingerprint density at radius 3 is 1.00 bits per heavy atom. The summed E-state index contributed by atoms with van der Waals surface area (Å²) in [5.41, 5.74) is 0. The van der Waals surface area contributed by atoms with Crippen LogP contribution < -0.4 is 59.1 Å². The molecule has 0 aromatic carbocycles. The van der Waals surface area contributed by atoms with Crippen LogP contribution in [-0.2, 0) is 4.46 Å². The molecule has 0 aliphatic heterocycles. The standard InChI is InChI=1S/3Ca.2Na.H2O3Si.8H/c;;;;;1-4(2)3;;;;;;;;/h;;;;;1-2H;;;;;;;;/q3*+2;2*+1;;8*-1. The molecule has 40 valence electrons. The van der Waals surface area contributed by atoms with Gasteiger partial charge in [-0.3, -0.25) is 4.46 Å². The van der Waals surface area contributed by atoms with Crippen LogP contribution in [0.3, 0.4) is 0 Å². The molecule has 0 aromatic heterocycles. The fourth-order valence-electron chi connectivity index (χ4n) is 0. The molecule has 0 rings (SSSR count). The zero-order chi connectivity index (χ0) is 3.58. The molecule has 3 nitrogen and oxygen atoms in total. The molecule has 0 heterocycles. The number of hydrogen-bond acceptors (Lipinski definition) is 1. The Morgan fingerprint density at radius 2 is 1.00 bits per heavy atom. The fourth-order valence-corrected chi connectivity index (χ4v) is 0. The predicted molar refractivity (Wildman–Crippen MR) is 37.0 cm³/mol. The molecule has 0 aliphatic rings. The molecule has 0 radical (unpaired) electrons. The predicted octanol–water partition coefficient (Wildman–Crippen LogP) is -7.85. The molecular formula is H10Ca3Na2O3Si. The zero-order valence-electron chi connectivity index (χ0n) is 13.9. The molecule has 0 fully saturated rings. The summed E-state index contributed by atoms with van der Waals surface area (Å²) in [6.45, 7) is 0. The maximum absolute atomic E-state index is 8.74. The van der Waals surface area contributed by atoms with E-state index in [0.717, 1.165) is 0 Å². The average Bonchev–Trinajstić information content (AvgIpc) is 0.811. The average molecular weight is 252 g/mol. The van der Waals surface area contributed by atoms with Gasteiger partial charge in [0.1, 0.15) is 0 Å². The third-order valence-corrected chi connectivity index (χ3v) is 0. The first-order valence-electron chi connectivity index (χ1n) is 0.651. The molecule has 2 N–H and O–H groups in total. The fraction of sp³-hybridized carbons (Fsp3) is 0. The first kappa shape index (κ1) is 36.6. The Morgan fingerprint density at radius 1 is 1.00 bits per heavy atom. The molecule has 9 heavy (non-hydrogen) atoms. The van der Waals surface area contributed by atoms with Crippen LogP contribution in [0.2, 0.25) is 0 Å². The molecule has 0 spiro atoms. The smallest absolute Gasteiger partial charge is 1.00 e. The van der Waals surface area contributed by atoms with Crippen molar-refractivity contribution in [2.45, 2.75) is 0 Å². The number of rotatable bonds is 0. The van der Waals surface area contributed by atoms with Gasteiger partial charge in [0.25, 0.3) is 0 Å². The van der Waals surface area contributed by atoms with Crippen LogP contribution in [-0.4, -0.2) is 132 Å². The summed E-state index contributed by atoms with van der Waals surface area (Å²) in [6, 6.07) is 0. The van der Waals surface area contributed by atoms with Gasteiger partial charge < -0.3 is 21.0 Å². The van der Waals surface area contributed by atoms with E-state index in [1.165, 1.54) is 0 Å². The van der Waals surface area contributed by atoms with E-state index in [1.54, 1.807) is 0 Å². The maximum Gasteiger partial charge on any atom is 2.00 e. The van der Waals surface area contributed by atoms with Crippen molar-refractivity contribution in [3.05, 3.63) is 0 Å². The van der Waals surface area contributed by atoms with E-state index in [1.807, 2.05) is 0 Å². The minimum atomic E-state index is -3.13. The Balaban J connectivity index is -0.000000000577. The van der Waals surface area contributed by atoms with Crippen LogP contribution >= 0.6 is 0 Å². The molecule has 0 aromatic rings. The molecule has 0 bridgehead atoms. The van der Waals surface area contributed by atoms with E-state index in [-0.39, 0.29) is 184 Å². The second-order valence-electron chi connectivity index (χ2n) is 0.283. The first-order chi connectivity index (χ1) is 1.73. The molecular weight excluding hydrogens is 242 g/mol. The van der Waals surface area contributed by atoms with E-state index in [9.17, 15) is 0 Å². The Hall–Kier alpha value is 5.40. The van der Waals surface area contributed by atoms with Gasteiger partial charge in [-0.1, -0.05) is 0 Å². The van der Waals surface area contributed by atoms with Crippen LogP contribution in [0.4, 0.5) is 0 Å². The van der Waals surface area contributed by atoms with Crippen LogP contribution in [0.1, 0.15) is 11.4 Å². The van der Waals surface area contributed by atoms with Crippen molar-refractivity contribution >= 4 is 122 Å². The third-order valence-electron chi connectivity index (χ3n) is 0. The zero-order valence-corrected chi connectivity index (χ0v) is 17.5. The normalized spacial score (nSPS) is 2.67. The largest absolute Gasteiger partial charge is 2.00 e. The Labute approximate surface area is 201 Å². The third kappa shape index (κ3) is 59.7. The van der Waals surface area contributed by atoms with Crippen LogP contribution in [0, 0.1) is 0 Å². The monoisotopic (exact) mass is 252 g/mol. The van der Waals surface area contributed by atoms with Crippen LogP contribution in [0.15, 0.2) is 0 Å². The van der Waals surface area contributed by atoms with Gasteiger partial charge in [-0.25, -0.2) is 0 Å². The van der Waals surface area contributed by atoms with E-state index in [4.69, 9.17) is 14.1 Å². The van der Waals surface area contributed by atoms with E-state index >= 15 is 0 Å². The molecule has 0 atom stereocenters. The van der Waals surface area contributed by atoms with Gasteiger partial charge in [-0.2, -0.15) is 0 Å². The van der Waals surface area contributed by atoms with Crippen LogP contribution in [0.25, 0.3) is 0 Å². The van der Waals surface area contributed by atoms with Crippen molar-refractivity contribution in [3.63, 3.8) is 0 Å². The summed E-state index contributed by atoms with van der Waals surface area (Å²) in [5, 5.41) is 0. The van der Waals surface area contributed by atoms with Crippen molar-refractivity contribution in [2.75, 3.05) is 0 Å². The second kappa shape index (κ2) is 29.2. The minimum Gasteiger partial charge on any atom is -1.00 e. The van der Waals surface area contributed by atoms with Crippen molar-refractivity contribution in [1.82, 2.24) is 0 Å². The van der Waals surface area contributed by atoms with Crippen molar-refractivity contribution < 1.29 is 84.6 Å². The summed E-state index contributed by atoms with van der Waals surface area (Å²) in [7, 11) is -3.13. The molecule has 9 heteroatoms. The van der Waals surface area contributed by atoms with Gasteiger partial charge in [-0.15, -0.1) is 0 Å². The van der Waals surface area contributed by atoms with Gasteiger partial charge in [-0.05, 0) is 0 Å². The SMILES string of the molecule is O=[Si](O)O.[Ca+2].[Ca+2].[Ca+2].[H-].[H-].[H-].[H-].[H-].[H-].[H-].[H-].[Na+].[Na+]. The summed E-state index contributed by atoms with van der Waals surface area (Å²) in [5.74, 6) is 0. The van der Waals surface area contributed by atoms with E-state index < -0.39 is 9.17 Å². The minimum absolute atomic E-state index is 0. The first-order valence-corrected chi connectivity index (χ1v) is 1.95. The van der Waals surface area contributed by atoms with Gasteiger partial charge >= 0.3 is 181 Å². The molecule has 0 saturated carbocycles. The van der Waals surface area contributed by atoms with Gasteiger partial charge in [0.2, 0.25) is 0 Å². The van der Waals surface area contributed by atoms with Crippen molar-refractivity contribution in [3.8, 4) is 0 Å². The second-order valence-corrected chi connectivity index (χ2v) is 0.848. The molecule has 0 unspecified atom stereocenters. The maximum atomic E-state index is 8.74. The number of hydrogen-bond donors (Lipinski definition) is 2. The Bertz CT molecular complexity index is 57.0. The van der Waals surface area contributed by atoms with E-state index in [0.29, 0.717) is 0 Å². The molecule has 0 saturated heterocycles. The van der Waals surface area contributed by atoms with Crippen molar-refractivity contribution in [1.29, 1.82) is 0 Å². The summed E-state index contributed by atoms with van der Waals surface area (Å²) in [4.78, 5) is 14.3. The van der Waals surface area contributed by atoms with Gasteiger partial charge in [0.05, 0.1) is 0 Å². The van der Waals surface area contributed by atoms with Gasteiger partial charge in [0, 0.05) is 0 Å². The summed E-state index contributed by atoms with van der Waals surface area (Å²) in [6.07, 6.45) is 0. The van der Waals surface area contributed by atoms with Crippen LogP contribution in [0.5, 0.6) is 0 Å². The summed E-state index contributed by atoms with van der Waals surface area (Å²) >= 11 is 0. The van der Waals surface area contributed by atoms with Crippen molar-refractivity contribution in [2.24, 2.45) is 0 Å². The van der Waals surface area contributed by atoms with E-state index in [2.05, 4.69) is 0 Å². The quantitative estimate of drug-likeness (QED) is 0.421. The van der Waals surface area contributed by atoms with Gasteiger partial charge in [0.15, 0.2) is 0 Å². The molecule has 0 amide bonds. The Kier molecular flexibility index (Phi) is 119. The molecule has 0 aliphatic carbocycles. The summed E-state index contributed by atoms with van der Waals surface area (Å²) < 4.78 is 8.74.